The van der Waals surface area contributed by atoms with Gasteiger partial charge in [0.2, 0.25) is 0 Å². The summed E-state index contributed by atoms with van der Waals surface area (Å²) < 4.78 is 32.6. The highest BCUT2D eigenvalue weighted by Gasteiger charge is 2.28. The lowest BCUT2D eigenvalue weighted by molar-refractivity contribution is 0.0179. The monoisotopic (exact) mass is 1690 g/mol. The Balaban J connectivity index is 0.000000144. The van der Waals surface area contributed by atoms with E-state index < -0.39 is 39.7 Å². The molecule has 29 nitrogen and oxygen atoms in total. The summed E-state index contributed by atoms with van der Waals surface area (Å²) in [5.74, 6) is 1.67. The highest BCUT2D eigenvalue weighted by molar-refractivity contribution is 5.95. The second kappa shape index (κ2) is 41.3. The molecule has 0 radical (unpaired) electrons. The van der Waals surface area contributed by atoms with Gasteiger partial charge in [-0.3, -0.25) is 34.1 Å². The molecular formula is C96H102N16O13. The highest BCUT2D eigenvalue weighted by atomic mass is 16.6. The maximum atomic E-state index is 12.6. The van der Waals surface area contributed by atoms with Crippen molar-refractivity contribution in [3.63, 3.8) is 0 Å². The molecule has 8 heterocycles. The van der Waals surface area contributed by atoms with E-state index in [1.807, 2.05) is 81.0 Å². The number of rotatable bonds is 29. The SMILES string of the molecule is C=c1nc2c(c(=O)[nH]1)=Nc1cc(C)c(C(=O)OC)cc1N2CCCc1ccccc1.CCc1cc2nc3c(=O)[nH]c(=O)nc-3n(CCCc3ccc(C)cc3)c2cc1C.CCc1ccc2c(c1)nc1c(=O)[nH]c(=O)nc-1n2CCCc1cccc(C)c1.COCCOCCOCCOc1cc2c(cc1C)nc1c(=O)[nH]c(=O)nc-1n2CCCc1ccc(C)cc1. The van der Waals surface area contributed by atoms with Gasteiger partial charge in [-0.1, -0.05) is 146 Å². The third-order valence-corrected chi connectivity index (χ3v) is 21.7. The van der Waals surface area contributed by atoms with Crippen molar-refractivity contribution >= 4 is 62.8 Å². The number of nitrogens with zero attached hydrogens (tertiary/aromatic N) is 12. The maximum Gasteiger partial charge on any atom is 0.349 e. The Morgan fingerprint density at radius 2 is 0.912 bits per heavy atom. The molecule has 0 aliphatic carbocycles. The summed E-state index contributed by atoms with van der Waals surface area (Å²) in [6.45, 7) is 25.3. The zero-order valence-electron chi connectivity index (χ0n) is 72.0. The van der Waals surface area contributed by atoms with Gasteiger partial charge in [0.25, 0.3) is 22.2 Å². The fourth-order valence-corrected chi connectivity index (χ4v) is 15.2. The van der Waals surface area contributed by atoms with Crippen LogP contribution in [-0.4, -0.2) is 135 Å². The molecule has 29 heteroatoms. The van der Waals surface area contributed by atoms with Crippen LogP contribution in [0.5, 0.6) is 5.75 Å². The zero-order chi connectivity index (χ0) is 88.4. The smallest absolute Gasteiger partial charge is 0.349 e. The first-order valence-corrected chi connectivity index (χ1v) is 41.9. The molecule has 0 fully saturated rings. The number of anilines is 2. The Morgan fingerprint density at radius 1 is 0.416 bits per heavy atom. The molecule has 0 bridgehead atoms. The van der Waals surface area contributed by atoms with Crippen LogP contribution in [0.2, 0.25) is 0 Å². The second-order valence-corrected chi connectivity index (χ2v) is 30.8. The van der Waals surface area contributed by atoms with Crippen LogP contribution in [0, 0.1) is 41.5 Å². The van der Waals surface area contributed by atoms with E-state index in [-0.39, 0.29) is 39.3 Å². The summed E-state index contributed by atoms with van der Waals surface area (Å²) in [6, 6.07) is 53.1. The molecule has 125 heavy (non-hydrogen) atoms. The van der Waals surface area contributed by atoms with Crippen molar-refractivity contribution in [2.45, 2.75) is 139 Å². The Bertz CT molecular complexity index is 6860. The molecule has 7 aliphatic rings. The van der Waals surface area contributed by atoms with Gasteiger partial charge in [0.1, 0.15) is 17.8 Å². The fourth-order valence-electron chi connectivity index (χ4n) is 15.2. The molecule has 0 saturated carbocycles. The number of methoxy groups -OCH3 is 2. The number of benzene rings is 8. The van der Waals surface area contributed by atoms with Gasteiger partial charge in [-0.15, -0.1) is 0 Å². The second-order valence-electron chi connectivity index (χ2n) is 30.8. The van der Waals surface area contributed by atoms with Crippen molar-refractivity contribution in [3.05, 3.63) is 314 Å². The molecule has 8 aromatic carbocycles. The Labute approximate surface area is 719 Å². The van der Waals surface area contributed by atoms with Crippen molar-refractivity contribution in [1.29, 1.82) is 0 Å². The number of hydrogen-bond donors (Lipinski definition) is 4. The summed E-state index contributed by atoms with van der Waals surface area (Å²) in [5.41, 5.74) is 17.2. The number of aromatic amines is 4. The van der Waals surface area contributed by atoms with Gasteiger partial charge < -0.3 is 47.3 Å². The van der Waals surface area contributed by atoms with E-state index in [1.54, 1.807) is 19.2 Å². The van der Waals surface area contributed by atoms with E-state index in [0.29, 0.717) is 106 Å². The Hall–Kier alpha value is -13.9. The first-order chi connectivity index (χ1) is 60.4. The number of nitrogens with one attached hydrogen (secondary N) is 4. The van der Waals surface area contributed by atoms with Gasteiger partial charge >= 0.3 is 23.0 Å². The molecule has 0 atom stereocenters. The average Bonchev–Trinajstić information content (AvgIpc) is 0.771. The van der Waals surface area contributed by atoms with Crippen LogP contribution in [0.15, 0.2) is 196 Å². The van der Waals surface area contributed by atoms with Crippen molar-refractivity contribution in [2.75, 3.05) is 65.3 Å². The molecular weight excluding hydrogens is 1590 g/mol. The Kier molecular flexibility index (Phi) is 29.4. The molecule has 0 amide bonds. The largest absolute Gasteiger partial charge is 0.491 e. The van der Waals surface area contributed by atoms with Gasteiger partial charge in [-0.05, 0) is 198 Å². The molecule has 0 spiro atoms. The number of H-pyrrole nitrogens is 4. The highest BCUT2D eigenvalue weighted by Crippen LogP contribution is 2.38. The van der Waals surface area contributed by atoms with Crippen LogP contribution in [0.4, 0.5) is 17.2 Å². The lowest BCUT2D eigenvalue weighted by Gasteiger charge is -2.28. The topological polar surface area (TPSA) is 366 Å². The Morgan fingerprint density at radius 3 is 1.46 bits per heavy atom. The van der Waals surface area contributed by atoms with Crippen molar-refractivity contribution in [1.82, 2.24) is 68.5 Å². The van der Waals surface area contributed by atoms with E-state index in [0.717, 1.165) is 114 Å². The molecule has 1 aromatic heterocycles. The minimum absolute atomic E-state index is 0.140. The van der Waals surface area contributed by atoms with E-state index in [1.165, 1.54) is 57.2 Å². The van der Waals surface area contributed by atoms with Crippen LogP contribution >= 0.6 is 0 Å². The van der Waals surface area contributed by atoms with E-state index in [9.17, 15) is 38.4 Å². The van der Waals surface area contributed by atoms with E-state index >= 15 is 0 Å². The van der Waals surface area contributed by atoms with Gasteiger partial charge in [-0.25, -0.2) is 44.1 Å². The van der Waals surface area contributed by atoms with Crippen molar-refractivity contribution < 1.29 is 28.5 Å². The summed E-state index contributed by atoms with van der Waals surface area (Å²) in [4.78, 5) is 144. The summed E-state index contributed by atoms with van der Waals surface area (Å²) >= 11 is 0. The van der Waals surface area contributed by atoms with Crippen molar-refractivity contribution in [3.8, 4) is 40.3 Å². The predicted molar refractivity (Wildman–Crippen MR) is 484 cm³/mol. The number of aryl methyl sites for hydroxylation is 15. The van der Waals surface area contributed by atoms with Crippen molar-refractivity contribution in [2.24, 2.45) is 4.99 Å². The van der Waals surface area contributed by atoms with Crippen LogP contribution < -0.4 is 59.8 Å². The van der Waals surface area contributed by atoms with Crippen LogP contribution in [0.3, 0.4) is 0 Å². The molecule has 4 N–H and O–H groups in total. The number of ether oxygens (including phenoxy) is 5. The maximum absolute atomic E-state index is 12.6. The quantitative estimate of drug-likeness (QED) is 0.0192. The number of carbonyl (C=O) groups is 1. The predicted octanol–water partition coefficient (Wildman–Crippen LogP) is 11.7. The number of fused-ring (bicyclic) bond motifs is 8. The number of carbonyl (C=O) groups excluding carboxylic acids is 1. The van der Waals surface area contributed by atoms with E-state index in [2.05, 4.69) is 205 Å². The minimum Gasteiger partial charge on any atom is -0.491 e. The molecule has 9 aromatic rings. The summed E-state index contributed by atoms with van der Waals surface area (Å²) in [5, 5.41) is 0.250. The van der Waals surface area contributed by atoms with E-state index in [4.69, 9.17) is 23.7 Å². The summed E-state index contributed by atoms with van der Waals surface area (Å²) in [7, 11) is 2.99. The molecule has 0 saturated heterocycles. The third-order valence-electron chi connectivity index (χ3n) is 21.7. The third kappa shape index (κ3) is 22.0. The number of esters is 1. The van der Waals surface area contributed by atoms with Crippen LogP contribution in [-0.2, 0) is 77.1 Å². The van der Waals surface area contributed by atoms with Crippen LogP contribution in [0.1, 0.15) is 117 Å². The van der Waals surface area contributed by atoms with Gasteiger partial charge in [0.05, 0.1) is 90.2 Å². The minimum atomic E-state index is -0.692. The lowest BCUT2D eigenvalue weighted by Crippen LogP contribution is -2.42. The molecule has 0 unspecified atom stereocenters. The van der Waals surface area contributed by atoms with Gasteiger partial charge in [0, 0.05) is 39.4 Å². The fraction of sp³-hybridized carbons (Fsp3) is 0.312. The first kappa shape index (κ1) is 88.9. The normalized spacial score (nSPS) is 11.6. The molecule has 16 rings (SSSR count). The number of hydrogen-bond acceptors (Lipinski definition) is 22. The first-order valence-electron chi connectivity index (χ1n) is 41.9. The standard InChI is InChI=1S/C28H34N4O6.C23H22N4O3.C23H24N4O2.C22H22N4O2/c1-19-6-8-21(9-7-19)5-4-10-32-23-18-24(38-16-15-37-14-13-36-12-11-35-3)20(2)17-22(23)29-25-26(32)30-28(34)31-27(25)33;1-14-12-18-19(13-17(14)23(29)30-3)27(11-7-10-16-8-5-4-6-9-16)21-20(26-18)22(28)25-15(2)24-21;1-4-17-13-18-19(12-15(17)3)27(11-5-6-16-9-7-14(2)8-10-16)21-20(24-18)22(28)26-23(29)25-21;1-3-15-9-10-18-17(13-15)23-19-20(24-22(28)25-21(19)27)26(18)11-5-8-16-7-4-6-14(2)12-16/h6-9,17-18H,4-5,10-16H2,1-3H3,(H,31,33,34);4-6,8-9,12-13H,2,7,10-11H2,1,3H3,(H,25,28);7-10,12-13H,4-6,11H2,1-3H3,(H,26,28,29);4,6-7,9-10,12-13H,3,5,8,11H2,1-2H3,(H,25,27,28). The lowest BCUT2D eigenvalue weighted by atomic mass is 10.0. The van der Waals surface area contributed by atoms with Gasteiger partial charge in [0.15, 0.2) is 45.7 Å². The summed E-state index contributed by atoms with van der Waals surface area (Å²) in [6.07, 6.45) is 8.63. The average molecular weight is 1690 g/mol. The van der Waals surface area contributed by atoms with Gasteiger partial charge in [-0.2, -0.15) is 15.0 Å². The molecule has 644 valence electrons. The molecule has 7 aliphatic heterocycles. The number of aromatic nitrogens is 14. The van der Waals surface area contributed by atoms with Crippen LogP contribution in [0.25, 0.3) is 74.2 Å². The zero-order valence-corrected chi connectivity index (χ0v) is 72.0.